The third kappa shape index (κ3) is 2.47. The van der Waals surface area contributed by atoms with Crippen molar-refractivity contribution in [3.8, 4) is 0 Å². The summed E-state index contributed by atoms with van der Waals surface area (Å²) in [5.74, 6) is 1.30. The summed E-state index contributed by atoms with van der Waals surface area (Å²) in [7, 11) is 0. The number of rotatable bonds is 4. The third-order valence-electron chi connectivity index (χ3n) is 3.73. The van der Waals surface area contributed by atoms with Gasteiger partial charge in [-0.3, -0.25) is 0 Å². The van der Waals surface area contributed by atoms with Gasteiger partial charge in [0.15, 0.2) is 0 Å². The molecule has 3 heteroatoms. The first-order valence-electron chi connectivity index (χ1n) is 6.45. The Morgan fingerprint density at radius 1 is 1.39 bits per heavy atom. The number of hydrogen-bond donors (Lipinski definition) is 1. The van der Waals surface area contributed by atoms with E-state index >= 15 is 0 Å². The molecule has 2 N–H and O–H groups in total. The van der Waals surface area contributed by atoms with Crippen LogP contribution >= 0.6 is 11.3 Å². The van der Waals surface area contributed by atoms with Crippen LogP contribution in [0.3, 0.4) is 0 Å². The molecule has 1 fully saturated rings. The van der Waals surface area contributed by atoms with Crippen LogP contribution in [0.5, 0.6) is 0 Å². The second-order valence-corrected chi connectivity index (χ2v) is 6.20. The van der Waals surface area contributed by atoms with Gasteiger partial charge in [0.05, 0.1) is 10.7 Å². The van der Waals surface area contributed by atoms with Crippen LogP contribution in [0.15, 0.2) is 35.7 Å². The summed E-state index contributed by atoms with van der Waals surface area (Å²) in [6, 6.07) is 11.0. The molecule has 0 aliphatic heterocycles. The van der Waals surface area contributed by atoms with Crippen LogP contribution in [-0.2, 0) is 6.42 Å². The van der Waals surface area contributed by atoms with Crippen LogP contribution in [-0.4, -0.2) is 11.0 Å². The van der Waals surface area contributed by atoms with Crippen molar-refractivity contribution in [3.05, 3.63) is 52.0 Å². The Morgan fingerprint density at radius 2 is 2.17 bits per heavy atom. The van der Waals surface area contributed by atoms with Crippen molar-refractivity contribution in [2.45, 2.75) is 31.7 Å². The van der Waals surface area contributed by atoms with Gasteiger partial charge in [-0.2, -0.15) is 0 Å². The minimum atomic E-state index is 0.247. The molecule has 1 aromatic carbocycles. The summed E-state index contributed by atoms with van der Waals surface area (Å²) in [5, 5.41) is 3.27. The van der Waals surface area contributed by atoms with Crippen LogP contribution in [0.4, 0.5) is 0 Å². The number of benzene rings is 1. The summed E-state index contributed by atoms with van der Waals surface area (Å²) in [6.07, 6.45) is 2.15. The molecule has 18 heavy (non-hydrogen) atoms. The van der Waals surface area contributed by atoms with Crippen LogP contribution in [0, 0.1) is 12.8 Å². The largest absolute Gasteiger partial charge is 0.327 e. The van der Waals surface area contributed by atoms with E-state index < -0.39 is 0 Å². The van der Waals surface area contributed by atoms with Gasteiger partial charge >= 0.3 is 0 Å². The van der Waals surface area contributed by atoms with Gasteiger partial charge in [-0.05, 0) is 30.7 Å². The van der Waals surface area contributed by atoms with E-state index in [0.717, 1.165) is 17.1 Å². The molecule has 0 radical (unpaired) electrons. The van der Waals surface area contributed by atoms with Gasteiger partial charge < -0.3 is 5.73 Å². The first-order chi connectivity index (χ1) is 8.74. The van der Waals surface area contributed by atoms with Crippen molar-refractivity contribution < 1.29 is 0 Å². The molecule has 0 saturated heterocycles. The normalized spacial score (nSPS) is 23.9. The zero-order chi connectivity index (χ0) is 12.5. The topological polar surface area (TPSA) is 38.9 Å². The first kappa shape index (κ1) is 11.9. The predicted molar refractivity (Wildman–Crippen MR) is 75.8 cm³/mol. The Morgan fingerprint density at radius 3 is 2.83 bits per heavy atom. The van der Waals surface area contributed by atoms with E-state index in [0.29, 0.717) is 11.8 Å². The van der Waals surface area contributed by atoms with Crippen molar-refractivity contribution in [1.82, 2.24) is 4.98 Å². The highest BCUT2D eigenvalue weighted by molar-refractivity contribution is 7.09. The highest BCUT2D eigenvalue weighted by Crippen LogP contribution is 2.49. The summed E-state index contributed by atoms with van der Waals surface area (Å²) in [6.45, 7) is 2.05. The highest BCUT2D eigenvalue weighted by atomic mass is 32.1. The van der Waals surface area contributed by atoms with Crippen LogP contribution in [0.1, 0.15) is 28.6 Å². The second-order valence-electron chi connectivity index (χ2n) is 5.14. The van der Waals surface area contributed by atoms with E-state index in [4.69, 9.17) is 5.73 Å². The monoisotopic (exact) mass is 258 g/mol. The van der Waals surface area contributed by atoms with Gasteiger partial charge in [-0.15, -0.1) is 11.3 Å². The number of aryl methyl sites for hydroxylation is 1. The maximum absolute atomic E-state index is 6.31. The maximum Gasteiger partial charge on any atom is 0.0897 e. The predicted octanol–water partition coefficient (Wildman–Crippen LogP) is 3.13. The fraction of sp³-hybridized carbons (Fsp3) is 0.400. The molecule has 0 bridgehead atoms. The summed E-state index contributed by atoms with van der Waals surface area (Å²) < 4.78 is 0. The molecule has 1 aliphatic rings. The summed E-state index contributed by atoms with van der Waals surface area (Å²) >= 11 is 1.71. The average Bonchev–Trinajstić information content (AvgIpc) is 3.09. The fourth-order valence-corrected chi connectivity index (χ4v) is 3.29. The van der Waals surface area contributed by atoms with Gasteiger partial charge in [0, 0.05) is 17.8 Å². The average molecular weight is 258 g/mol. The number of thiazole rings is 1. The lowest BCUT2D eigenvalue weighted by molar-refractivity contribution is 0.572. The van der Waals surface area contributed by atoms with Crippen molar-refractivity contribution in [1.29, 1.82) is 0 Å². The number of hydrogen-bond acceptors (Lipinski definition) is 3. The molecule has 1 aromatic heterocycles. The van der Waals surface area contributed by atoms with Gasteiger partial charge in [0.25, 0.3) is 0 Å². The van der Waals surface area contributed by atoms with Crippen LogP contribution < -0.4 is 5.73 Å². The van der Waals surface area contributed by atoms with Crippen molar-refractivity contribution >= 4 is 11.3 Å². The molecule has 1 saturated carbocycles. The zero-order valence-corrected chi connectivity index (χ0v) is 11.4. The minimum Gasteiger partial charge on any atom is -0.327 e. The van der Waals surface area contributed by atoms with Crippen LogP contribution in [0.25, 0.3) is 0 Å². The summed E-state index contributed by atoms with van der Waals surface area (Å²) in [4.78, 5) is 4.50. The molecule has 2 aromatic rings. The van der Waals surface area contributed by atoms with Crippen LogP contribution in [0.2, 0.25) is 0 Å². The summed E-state index contributed by atoms with van der Waals surface area (Å²) in [5.41, 5.74) is 8.91. The number of nitrogens with two attached hydrogens (primary N) is 1. The molecule has 2 nitrogen and oxygen atoms in total. The Labute approximate surface area is 112 Å². The quantitative estimate of drug-likeness (QED) is 0.915. The molecule has 0 amide bonds. The Hall–Kier alpha value is -1.19. The highest BCUT2D eigenvalue weighted by Gasteiger charge is 2.42. The molecule has 0 spiro atoms. The lowest BCUT2D eigenvalue weighted by Crippen LogP contribution is -2.26. The minimum absolute atomic E-state index is 0.247. The molecule has 3 rings (SSSR count). The SMILES string of the molecule is Cc1nc(CC(N)C2CC2c2ccccc2)cs1. The lowest BCUT2D eigenvalue weighted by Gasteiger charge is -2.09. The standard InChI is InChI=1S/C15H18N2S/c1-10-17-12(9-18-10)7-15(16)14-8-13(14)11-5-3-2-4-6-11/h2-6,9,13-15H,7-8,16H2,1H3. The van der Waals surface area contributed by atoms with E-state index in [-0.39, 0.29) is 6.04 Å². The number of aromatic nitrogens is 1. The van der Waals surface area contributed by atoms with Crippen molar-refractivity contribution in [2.24, 2.45) is 11.7 Å². The molecule has 3 unspecified atom stereocenters. The molecular weight excluding hydrogens is 240 g/mol. The molecule has 3 atom stereocenters. The molecule has 94 valence electrons. The van der Waals surface area contributed by atoms with Gasteiger partial charge in [-0.25, -0.2) is 4.98 Å². The Kier molecular flexibility index (Phi) is 3.18. The van der Waals surface area contributed by atoms with Gasteiger partial charge in [0.1, 0.15) is 0 Å². The zero-order valence-electron chi connectivity index (χ0n) is 10.5. The van der Waals surface area contributed by atoms with Crippen molar-refractivity contribution in [2.75, 3.05) is 0 Å². The lowest BCUT2D eigenvalue weighted by atomic mass is 10.0. The van der Waals surface area contributed by atoms with E-state index in [1.165, 1.54) is 12.0 Å². The molecule has 1 heterocycles. The van der Waals surface area contributed by atoms with E-state index in [1.807, 2.05) is 6.92 Å². The number of nitrogens with zero attached hydrogens (tertiary/aromatic N) is 1. The first-order valence-corrected chi connectivity index (χ1v) is 7.33. The Balaban J connectivity index is 1.61. The second kappa shape index (κ2) is 4.82. The maximum atomic E-state index is 6.31. The fourth-order valence-electron chi connectivity index (χ4n) is 2.67. The van der Waals surface area contributed by atoms with Gasteiger partial charge in [0.2, 0.25) is 0 Å². The van der Waals surface area contributed by atoms with E-state index in [2.05, 4.69) is 40.7 Å². The van der Waals surface area contributed by atoms with Gasteiger partial charge in [-0.1, -0.05) is 30.3 Å². The van der Waals surface area contributed by atoms with E-state index in [9.17, 15) is 0 Å². The smallest absolute Gasteiger partial charge is 0.0897 e. The molecular formula is C15H18N2S. The van der Waals surface area contributed by atoms with E-state index in [1.54, 1.807) is 11.3 Å². The van der Waals surface area contributed by atoms with Crippen molar-refractivity contribution in [3.63, 3.8) is 0 Å². The third-order valence-corrected chi connectivity index (χ3v) is 4.55. The molecule has 1 aliphatic carbocycles. The Bertz CT molecular complexity index is 520.